The number of sulfonamides is 1. The number of benzene rings is 2. The highest BCUT2D eigenvalue weighted by Crippen LogP contribution is 2.40. The summed E-state index contributed by atoms with van der Waals surface area (Å²) in [6.45, 7) is 5.36. The minimum absolute atomic E-state index is 0.0511. The van der Waals surface area contributed by atoms with Gasteiger partial charge in [0.1, 0.15) is 0 Å². The van der Waals surface area contributed by atoms with Gasteiger partial charge in [0.15, 0.2) is 14.8 Å². The summed E-state index contributed by atoms with van der Waals surface area (Å²) in [6, 6.07) is 10.8. The second-order valence-corrected chi connectivity index (χ2v) is 18.0. The lowest BCUT2D eigenvalue weighted by Crippen LogP contribution is -2.48. The number of nitrogens with zero attached hydrogens (tertiary/aromatic N) is 1. The zero-order valence-corrected chi connectivity index (χ0v) is 27.4. The quantitative estimate of drug-likeness (QED) is 0.318. The van der Waals surface area contributed by atoms with Gasteiger partial charge >= 0.3 is 0 Å². The number of nitrogens with one attached hydrogen (secondary N) is 2. The van der Waals surface area contributed by atoms with Crippen LogP contribution in [0.4, 0.5) is 0 Å². The van der Waals surface area contributed by atoms with E-state index >= 15 is 0 Å². The van der Waals surface area contributed by atoms with Gasteiger partial charge in [-0.1, -0.05) is 62.4 Å². The first-order chi connectivity index (χ1) is 20.1. The summed E-state index contributed by atoms with van der Waals surface area (Å²) in [5.74, 6) is -0.162. The van der Waals surface area contributed by atoms with Crippen LogP contribution in [-0.2, 0) is 26.3 Å². The molecule has 2 heterocycles. The largest absolute Gasteiger partial charge is 0.388 e. The molecule has 0 bridgehead atoms. The third kappa shape index (κ3) is 7.65. The second kappa shape index (κ2) is 12.2. The van der Waals surface area contributed by atoms with Gasteiger partial charge in [-0.25, -0.2) is 26.5 Å². The zero-order valence-electron chi connectivity index (χ0n) is 25.0. The van der Waals surface area contributed by atoms with E-state index in [4.69, 9.17) is 4.98 Å². The van der Waals surface area contributed by atoms with Gasteiger partial charge in [0.25, 0.3) is 5.91 Å². The molecule has 0 unspecified atom stereocenters. The summed E-state index contributed by atoms with van der Waals surface area (Å²) in [7, 11) is -6.96. The lowest BCUT2D eigenvalue weighted by molar-refractivity contribution is 0.0296. The number of sulfone groups is 1. The van der Waals surface area contributed by atoms with E-state index in [9.17, 15) is 26.7 Å². The molecule has 234 valence electrons. The Morgan fingerprint density at radius 2 is 1.70 bits per heavy atom. The molecule has 5 rings (SSSR count). The van der Waals surface area contributed by atoms with Gasteiger partial charge in [-0.05, 0) is 57.4 Å². The van der Waals surface area contributed by atoms with E-state index < -0.39 is 36.9 Å². The smallest absolute Gasteiger partial charge is 0.280 e. The van der Waals surface area contributed by atoms with Gasteiger partial charge in [-0.15, -0.1) is 11.3 Å². The second-order valence-electron chi connectivity index (χ2n) is 13.1. The normalized spacial score (nSPS) is 19.3. The number of thiazole rings is 1. The Balaban J connectivity index is 1.50. The number of amides is 1. The highest BCUT2D eigenvalue weighted by Gasteiger charge is 2.36. The maximum absolute atomic E-state index is 13.4. The number of aromatic nitrogens is 1. The first-order valence-electron chi connectivity index (χ1n) is 14.9. The summed E-state index contributed by atoms with van der Waals surface area (Å²) in [5.41, 5.74) is -0.281. The Morgan fingerprint density at radius 1 is 1.05 bits per heavy atom. The fraction of sp³-hybridized carbons (Fsp3) is 0.548. The Kier molecular flexibility index (Phi) is 9.08. The van der Waals surface area contributed by atoms with Crippen LogP contribution in [-0.4, -0.2) is 62.0 Å². The van der Waals surface area contributed by atoms with Gasteiger partial charge in [-0.2, -0.15) is 0 Å². The fourth-order valence-corrected chi connectivity index (χ4v) is 10.3. The van der Waals surface area contributed by atoms with E-state index in [2.05, 4.69) is 10.0 Å². The third-order valence-electron chi connectivity index (χ3n) is 8.29. The molecule has 43 heavy (non-hydrogen) atoms. The molecular weight excluding hydrogens is 607 g/mol. The molecule has 3 N–H and O–H groups in total. The standard InChI is InChI=1S/C31H41N3O6S3/c1-30(2,3)34-43(39,40)26-14-13-24(22-11-7-8-12-23(22)26)27-25(19-21-9-5-4-6-10-21)33-29(41-27)28(35)32-20-31(36)15-17-42(37,38)18-16-31/h7-8,11-14,21,34,36H,4-6,9-10,15-20H2,1-3H3,(H,32,35). The van der Waals surface area contributed by atoms with Crippen molar-refractivity contribution >= 4 is 47.9 Å². The van der Waals surface area contributed by atoms with Crippen LogP contribution in [0.1, 0.15) is 81.2 Å². The Bertz CT molecular complexity index is 1700. The van der Waals surface area contributed by atoms with Crippen LogP contribution in [0.5, 0.6) is 0 Å². The summed E-state index contributed by atoms with van der Waals surface area (Å²) < 4.78 is 53.1. The summed E-state index contributed by atoms with van der Waals surface area (Å²) in [6.07, 6.45) is 6.65. The molecule has 2 aliphatic rings. The van der Waals surface area contributed by atoms with Gasteiger partial charge < -0.3 is 10.4 Å². The van der Waals surface area contributed by atoms with Gasteiger partial charge in [0.2, 0.25) is 10.0 Å². The molecule has 2 fully saturated rings. The molecule has 3 aromatic rings. The highest BCUT2D eigenvalue weighted by molar-refractivity contribution is 7.91. The van der Waals surface area contributed by atoms with Crippen molar-refractivity contribution in [3.63, 3.8) is 0 Å². The van der Waals surface area contributed by atoms with E-state index in [-0.39, 0.29) is 40.8 Å². The monoisotopic (exact) mass is 647 g/mol. The van der Waals surface area contributed by atoms with Gasteiger partial charge in [0, 0.05) is 23.0 Å². The fourth-order valence-electron chi connectivity index (χ4n) is 6.04. The zero-order chi connectivity index (χ0) is 31.0. The molecule has 1 saturated heterocycles. The van der Waals surface area contributed by atoms with Crippen molar-refractivity contribution < 1.29 is 26.7 Å². The number of fused-ring (bicyclic) bond motifs is 1. The molecule has 9 nitrogen and oxygen atoms in total. The lowest BCUT2D eigenvalue weighted by Gasteiger charge is -2.31. The molecular formula is C31H41N3O6S3. The van der Waals surface area contributed by atoms with E-state index in [1.807, 2.05) is 24.3 Å². The van der Waals surface area contributed by atoms with Crippen LogP contribution < -0.4 is 10.0 Å². The first kappa shape index (κ1) is 32.0. The Hall–Kier alpha value is -2.38. The summed E-state index contributed by atoms with van der Waals surface area (Å²) in [5, 5.41) is 15.3. The van der Waals surface area contributed by atoms with E-state index in [0.717, 1.165) is 40.8 Å². The van der Waals surface area contributed by atoms with Crippen LogP contribution >= 0.6 is 11.3 Å². The molecule has 0 spiro atoms. The third-order valence-corrected chi connectivity index (χ3v) is 12.9. The molecule has 0 radical (unpaired) electrons. The summed E-state index contributed by atoms with van der Waals surface area (Å²) in [4.78, 5) is 19.2. The SMILES string of the molecule is CC(C)(C)NS(=O)(=O)c1ccc(-c2sc(C(=O)NCC3(O)CCS(=O)(=O)CC3)nc2CC2CCCCC2)c2ccccc12. The molecule has 1 aromatic heterocycles. The van der Waals surface area contributed by atoms with Crippen molar-refractivity contribution in [1.82, 2.24) is 15.0 Å². The number of rotatable bonds is 8. The van der Waals surface area contributed by atoms with Crippen LogP contribution in [0, 0.1) is 5.92 Å². The Morgan fingerprint density at radius 3 is 2.35 bits per heavy atom. The highest BCUT2D eigenvalue weighted by atomic mass is 32.2. The van der Waals surface area contributed by atoms with Crippen LogP contribution in [0.15, 0.2) is 41.3 Å². The number of hydrogen-bond donors (Lipinski definition) is 3. The topological polar surface area (TPSA) is 143 Å². The van der Waals surface area contributed by atoms with Gasteiger partial charge in [0.05, 0.1) is 32.6 Å². The molecule has 1 aliphatic heterocycles. The van der Waals surface area contributed by atoms with Crippen molar-refractivity contribution in [1.29, 1.82) is 0 Å². The summed E-state index contributed by atoms with van der Waals surface area (Å²) >= 11 is 1.27. The molecule has 12 heteroatoms. The Labute approximate surface area is 258 Å². The van der Waals surface area contributed by atoms with E-state index in [1.165, 1.54) is 30.6 Å². The molecule has 1 amide bonds. The van der Waals surface area contributed by atoms with Crippen molar-refractivity contribution in [3.05, 3.63) is 47.1 Å². The number of hydrogen-bond acceptors (Lipinski definition) is 8. The van der Waals surface area contributed by atoms with Crippen molar-refractivity contribution in [3.8, 4) is 10.4 Å². The van der Waals surface area contributed by atoms with Crippen LogP contribution in [0.3, 0.4) is 0 Å². The average Bonchev–Trinajstić information content (AvgIpc) is 3.36. The number of aliphatic hydroxyl groups is 1. The lowest BCUT2D eigenvalue weighted by atomic mass is 9.85. The van der Waals surface area contributed by atoms with Crippen LogP contribution in [0.25, 0.3) is 21.2 Å². The maximum atomic E-state index is 13.4. The van der Waals surface area contributed by atoms with E-state index in [0.29, 0.717) is 11.3 Å². The molecule has 1 saturated carbocycles. The maximum Gasteiger partial charge on any atom is 0.280 e. The predicted octanol–water partition coefficient (Wildman–Crippen LogP) is 4.83. The molecule has 1 aliphatic carbocycles. The minimum atomic E-state index is -3.80. The first-order valence-corrected chi connectivity index (χ1v) is 19.0. The van der Waals surface area contributed by atoms with E-state index in [1.54, 1.807) is 32.9 Å². The number of carbonyl (C=O) groups excluding carboxylic acids is 1. The van der Waals surface area contributed by atoms with Crippen molar-refractivity contribution in [2.45, 2.75) is 88.2 Å². The van der Waals surface area contributed by atoms with Gasteiger partial charge in [-0.3, -0.25) is 4.79 Å². The average molecular weight is 648 g/mol. The predicted molar refractivity (Wildman–Crippen MR) is 171 cm³/mol. The van der Waals surface area contributed by atoms with Crippen LogP contribution in [0.2, 0.25) is 0 Å². The minimum Gasteiger partial charge on any atom is -0.388 e. The molecule has 2 aromatic carbocycles. The van der Waals surface area contributed by atoms with Crippen molar-refractivity contribution in [2.75, 3.05) is 18.1 Å². The molecule has 0 atom stereocenters. The number of carbonyl (C=O) groups is 1. The van der Waals surface area contributed by atoms with Crippen molar-refractivity contribution in [2.24, 2.45) is 5.92 Å².